The number of allylic oxidation sites excluding steroid dienone is 1. The van der Waals surface area contributed by atoms with Gasteiger partial charge in [0.1, 0.15) is 5.75 Å². The molecule has 38 heavy (non-hydrogen) atoms. The average Bonchev–Trinajstić information content (AvgIpc) is 3.11. The van der Waals surface area contributed by atoms with Crippen LogP contribution in [0.4, 0.5) is 11.4 Å². The molecule has 1 N–H and O–H groups in total. The number of benzene rings is 3. The van der Waals surface area contributed by atoms with Gasteiger partial charge in [-0.3, -0.25) is 14.5 Å². The van der Waals surface area contributed by atoms with Crippen LogP contribution >= 0.6 is 0 Å². The van der Waals surface area contributed by atoms with Gasteiger partial charge in [-0.05, 0) is 59.9 Å². The number of ketones is 1. The lowest BCUT2D eigenvalue weighted by Crippen LogP contribution is -2.38. The molecule has 1 aliphatic carbocycles. The Balaban J connectivity index is 1.69. The van der Waals surface area contributed by atoms with Crippen molar-refractivity contribution in [3.8, 4) is 17.2 Å². The molecule has 5 rings (SSSR count). The topological polar surface area (TPSA) is 77.1 Å². The van der Waals surface area contributed by atoms with Crippen molar-refractivity contribution in [3.05, 3.63) is 89.1 Å². The number of hydrogen-bond donors (Lipinski definition) is 1. The molecule has 3 aromatic carbocycles. The predicted octanol–water partition coefficient (Wildman–Crippen LogP) is 6.02. The number of hydrogen-bond acceptors (Lipinski definition) is 6. The summed E-state index contributed by atoms with van der Waals surface area (Å²) < 4.78 is 16.4. The number of amides is 1. The summed E-state index contributed by atoms with van der Waals surface area (Å²) in [7, 11) is 4.80. The molecule has 0 aromatic heterocycles. The van der Waals surface area contributed by atoms with Crippen molar-refractivity contribution in [2.75, 3.05) is 31.5 Å². The fraction of sp³-hybridized carbons (Fsp3) is 0.290. The second-order valence-electron chi connectivity index (χ2n) is 9.47. The Hall–Kier alpha value is -4.26. The fourth-order valence-electron chi connectivity index (χ4n) is 5.49. The summed E-state index contributed by atoms with van der Waals surface area (Å²) in [6.45, 7) is 1.84. The Morgan fingerprint density at radius 1 is 0.895 bits per heavy atom. The van der Waals surface area contributed by atoms with E-state index in [-0.39, 0.29) is 17.6 Å². The van der Waals surface area contributed by atoms with Crippen LogP contribution in [0.2, 0.25) is 0 Å². The minimum Gasteiger partial charge on any atom is -0.497 e. The van der Waals surface area contributed by atoms with Gasteiger partial charge in [-0.25, -0.2) is 0 Å². The summed E-state index contributed by atoms with van der Waals surface area (Å²) in [5.74, 6) is 1.85. The van der Waals surface area contributed by atoms with Gasteiger partial charge in [-0.1, -0.05) is 37.3 Å². The number of methoxy groups -OCH3 is 3. The van der Waals surface area contributed by atoms with E-state index in [0.717, 1.165) is 33.9 Å². The number of nitrogens with zero attached hydrogens (tertiary/aromatic N) is 1. The maximum absolute atomic E-state index is 14.0. The molecule has 1 aliphatic heterocycles. The molecule has 0 unspecified atom stereocenters. The molecule has 7 nitrogen and oxygen atoms in total. The normalized spacial score (nSPS) is 18.6. The molecule has 0 spiro atoms. The molecule has 7 heteroatoms. The zero-order valence-electron chi connectivity index (χ0n) is 22.1. The van der Waals surface area contributed by atoms with Gasteiger partial charge in [0.25, 0.3) is 0 Å². The van der Waals surface area contributed by atoms with E-state index < -0.39 is 6.04 Å². The molecule has 1 heterocycles. The first-order chi connectivity index (χ1) is 18.5. The van der Waals surface area contributed by atoms with E-state index in [0.29, 0.717) is 36.3 Å². The summed E-state index contributed by atoms with van der Waals surface area (Å²) in [6.07, 6.45) is 1.28. The Labute approximate surface area is 223 Å². The number of carbonyl (C=O) groups is 2. The molecule has 3 aromatic rings. The van der Waals surface area contributed by atoms with Gasteiger partial charge in [0.15, 0.2) is 17.3 Å². The smallest absolute Gasteiger partial charge is 0.227 e. The number of carbonyl (C=O) groups excluding carboxylic acids is 2. The second kappa shape index (κ2) is 10.6. The first-order valence-electron chi connectivity index (χ1n) is 12.8. The van der Waals surface area contributed by atoms with Crippen LogP contribution < -0.4 is 24.4 Å². The molecular weight excluding hydrogens is 480 g/mol. The fourth-order valence-corrected chi connectivity index (χ4v) is 5.49. The van der Waals surface area contributed by atoms with Crippen LogP contribution in [0.15, 0.2) is 78.0 Å². The lowest BCUT2D eigenvalue weighted by atomic mass is 9.78. The van der Waals surface area contributed by atoms with Gasteiger partial charge in [-0.15, -0.1) is 0 Å². The second-order valence-corrected chi connectivity index (χ2v) is 9.47. The van der Waals surface area contributed by atoms with Crippen molar-refractivity contribution < 1.29 is 23.8 Å². The van der Waals surface area contributed by atoms with Crippen molar-refractivity contribution in [3.63, 3.8) is 0 Å². The molecule has 1 amide bonds. The number of fused-ring (bicyclic) bond motifs is 1. The number of ether oxygens (including phenoxy) is 3. The van der Waals surface area contributed by atoms with Crippen molar-refractivity contribution in [2.24, 2.45) is 0 Å². The van der Waals surface area contributed by atoms with Crippen molar-refractivity contribution in [1.29, 1.82) is 0 Å². The zero-order valence-corrected chi connectivity index (χ0v) is 22.1. The van der Waals surface area contributed by atoms with E-state index in [1.54, 1.807) is 26.2 Å². The zero-order chi connectivity index (χ0) is 26.8. The molecule has 0 saturated heterocycles. The number of anilines is 2. The summed E-state index contributed by atoms with van der Waals surface area (Å²) in [5, 5.41) is 3.56. The quantitative estimate of drug-likeness (QED) is 0.435. The maximum Gasteiger partial charge on any atom is 0.227 e. The van der Waals surface area contributed by atoms with Gasteiger partial charge >= 0.3 is 0 Å². The highest BCUT2D eigenvalue weighted by atomic mass is 16.5. The number of rotatable bonds is 6. The van der Waals surface area contributed by atoms with E-state index in [9.17, 15) is 9.59 Å². The lowest BCUT2D eigenvalue weighted by Gasteiger charge is -2.35. The third-order valence-electron chi connectivity index (χ3n) is 7.37. The van der Waals surface area contributed by atoms with Crippen LogP contribution in [-0.4, -0.2) is 33.0 Å². The van der Waals surface area contributed by atoms with Gasteiger partial charge < -0.3 is 19.5 Å². The number of nitrogens with one attached hydrogen (secondary N) is 1. The molecule has 0 radical (unpaired) electrons. The minimum absolute atomic E-state index is 0.00583. The van der Waals surface area contributed by atoms with E-state index in [4.69, 9.17) is 14.2 Å². The minimum atomic E-state index is -0.613. The third-order valence-corrected chi connectivity index (χ3v) is 7.37. The average molecular weight is 513 g/mol. The molecular formula is C31H32N2O5. The Morgan fingerprint density at radius 2 is 1.61 bits per heavy atom. The standard InChI is InChI=1S/C31H32N2O5/c1-5-29(35)33-25-9-7-6-8-23(25)32-24-16-21(19-10-13-22(36-2)14-11-19)17-26(34)30(24)31(33)20-12-15-27(37-3)28(18-20)38-4/h6-15,18,21,31-32H,5,16-17H2,1-4H3/t21-,31+/m1/s1. The van der Waals surface area contributed by atoms with E-state index in [1.165, 1.54) is 0 Å². The Bertz CT molecular complexity index is 1400. The first kappa shape index (κ1) is 25.4. The largest absolute Gasteiger partial charge is 0.497 e. The summed E-state index contributed by atoms with van der Waals surface area (Å²) in [5.41, 5.74) is 4.84. The molecule has 196 valence electrons. The molecule has 2 atom stereocenters. The van der Waals surface area contributed by atoms with Crippen molar-refractivity contribution >= 4 is 23.1 Å². The molecule has 0 bridgehead atoms. The highest BCUT2D eigenvalue weighted by Gasteiger charge is 2.41. The summed E-state index contributed by atoms with van der Waals surface area (Å²) >= 11 is 0. The van der Waals surface area contributed by atoms with Gasteiger partial charge in [0.05, 0.1) is 38.7 Å². The highest BCUT2D eigenvalue weighted by Crippen LogP contribution is 2.48. The van der Waals surface area contributed by atoms with Crippen molar-refractivity contribution in [2.45, 2.75) is 38.1 Å². The Kier molecular flexibility index (Phi) is 7.09. The third kappa shape index (κ3) is 4.49. The predicted molar refractivity (Wildman–Crippen MR) is 147 cm³/mol. The summed E-state index contributed by atoms with van der Waals surface area (Å²) in [6, 6.07) is 20.6. The number of para-hydroxylation sites is 2. The molecule has 2 aliphatic rings. The van der Waals surface area contributed by atoms with Crippen LogP contribution in [-0.2, 0) is 9.59 Å². The van der Waals surface area contributed by atoms with Gasteiger partial charge in [0.2, 0.25) is 5.91 Å². The van der Waals surface area contributed by atoms with Crippen molar-refractivity contribution in [1.82, 2.24) is 0 Å². The first-order valence-corrected chi connectivity index (χ1v) is 12.8. The van der Waals surface area contributed by atoms with Crippen LogP contribution in [0.5, 0.6) is 17.2 Å². The summed E-state index contributed by atoms with van der Waals surface area (Å²) in [4.78, 5) is 29.4. The van der Waals surface area contributed by atoms with Crippen LogP contribution in [0.1, 0.15) is 49.3 Å². The highest BCUT2D eigenvalue weighted by molar-refractivity contribution is 6.06. The van der Waals surface area contributed by atoms with Crippen LogP contribution in [0, 0.1) is 0 Å². The van der Waals surface area contributed by atoms with E-state index >= 15 is 0 Å². The molecule has 0 fully saturated rings. The maximum atomic E-state index is 14.0. The SMILES string of the molecule is CCC(=O)N1c2ccccc2NC2=C(C(=O)C[C@H](c3ccc(OC)cc3)C2)[C@@H]1c1ccc(OC)c(OC)c1. The molecule has 0 saturated carbocycles. The van der Waals surface area contributed by atoms with E-state index in [2.05, 4.69) is 5.32 Å². The lowest BCUT2D eigenvalue weighted by molar-refractivity contribution is -0.119. The van der Waals surface area contributed by atoms with Crippen LogP contribution in [0.25, 0.3) is 0 Å². The van der Waals surface area contributed by atoms with Crippen LogP contribution in [0.3, 0.4) is 0 Å². The Morgan fingerprint density at radius 3 is 2.29 bits per heavy atom. The van der Waals surface area contributed by atoms with Gasteiger partial charge in [0, 0.05) is 24.1 Å². The number of Topliss-reactive ketones (excluding diaryl/α,β-unsaturated/α-hetero) is 1. The monoisotopic (exact) mass is 512 g/mol. The van der Waals surface area contributed by atoms with E-state index in [1.807, 2.05) is 73.7 Å². The van der Waals surface area contributed by atoms with Gasteiger partial charge in [-0.2, -0.15) is 0 Å².